The number of carbonyl (C=O) groups excluding carboxylic acids is 1. The molecule has 0 aliphatic heterocycles. The van der Waals surface area contributed by atoms with Crippen molar-refractivity contribution in [2.75, 3.05) is 0 Å². The van der Waals surface area contributed by atoms with Crippen LogP contribution in [0.25, 0.3) is 0 Å². The predicted molar refractivity (Wildman–Crippen MR) is 76.1 cm³/mol. The fraction of sp³-hybridized carbons (Fsp3) is 0.571. The molecule has 2 N–H and O–H groups in total. The van der Waals surface area contributed by atoms with Gasteiger partial charge in [0.05, 0.1) is 12.5 Å². The molecule has 0 spiro atoms. The molecule has 0 aromatic carbocycles. The van der Waals surface area contributed by atoms with Gasteiger partial charge in [0.2, 0.25) is 5.91 Å². The van der Waals surface area contributed by atoms with E-state index in [0.717, 1.165) is 11.3 Å². The Morgan fingerprint density at radius 2 is 2.11 bits per heavy atom. The van der Waals surface area contributed by atoms with Gasteiger partial charge in [0, 0.05) is 11.3 Å². The van der Waals surface area contributed by atoms with E-state index in [1.165, 1.54) is 0 Å². The van der Waals surface area contributed by atoms with E-state index in [1.54, 1.807) is 25.2 Å². The highest BCUT2D eigenvalue weighted by molar-refractivity contribution is 7.10. The zero-order valence-electron chi connectivity index (χ0n) is 11.6. The predicted octanol–water partition coefficient (Wildman–Crippen LogP) is 3.21. The standard InChI is InChI=1S/C14H21NO3S/c1-4-10(11-6-5-7-19-11)15-12(16)8-14(2,3)9-13(17)18/h5-7,10H,4,8-9H2,1-3H3,(H,15,16)(H,17,18). The van der Waals surface area contributed by atoms with Crippen molar-refractivity contribution in [3.63, 3.8) is 0 Å². The van der Waals surface area contributed by atoms with Gasteiger partial charge in [-0.05, 0) is 23.3 Å². The van der Waals surface area contributed by atoms with Crippen molar-refractivity contribution in [1.29, 1.82) is 0 Å². The number of hydrogen-bond donors (Lipinski definition) is 2. The average Bonchev–Trinajstić information content (AvgIpc) is 2.76. The number of aliphatic carboxylic acids is 1. The molecule has 0 saturated heterocycles. The van der Waals surface area contributed by atoms with Crippen LogP contribution in [0.2, 0.25) is 0 Å². The molecule has 19 heavy (non-hydrogen) atoms. The lowest BCUT2D eigenvalue weighted by Crippen LogP contribution is -2.32. The topological polar surface area (TPSA) is 66.4 Å². The minimum absolute atomic E-state index is 0.00376. The zero-order chi connectivity index (χ0) is 14.5. The first-order valence-electron chi connectivity index (χ1n) is 6.38. The lowest BCUT2D eigenvalue weighted by atomic mass is 9.85. The highest BCUT2D eigenvalue weighted by Gasteiger charge is 2.26. The SMILES string of the molecule is CCC(NC(=O)CC(C)(C)CC(=O)O)c1cccs1. The largest absolute Gasteiger partial charge is 0.481 e. The summed E-state index contributed by atoms with van der Waals surface area (Å²) in [6, 6.07) is 3.98. The molecule has 1 heterocycles. The Balaban J connectivity index is 2.57. The Morgan fingerprint density at radius 3 is 2.58 bits per heavy atom. The first kappa shape index (κ1) is 15.7. The van der Waals surface area contributed by atoms with E-state index < -0.39 is 11.4 Å². The minimum atomic E-state index is -0.872. The van der Waals surface area contributed by atoms with Crippen molar-refractivity contribution >= 4 is 23.2 Å². The maximum atomic E-state index is 12.0. The quantitative estimate of drug-likeness (QED) is 0.807. The summed E-state index contributed by atoms with van der Waals surface area (Å²) < 4.78 is 0. The molecule has 106 valence electrons. The van der Waals surface area contributed by atoms with E-state index in [-0.39, 0.29) is 24.8 Å². The van der Waals surface area contributed by atoms with Gasteiger partial charge in [-0.3, -0.25) is 9.59 Å². The molecule has 0 aliphatic rings. The second-order valence-corrected chi connectivity index (χ2v) is 6.43. The van der Waals surface area contributed by atoms with E-state index in [1.807, 2.05) is 24.4 Å². The van der Waals surface area contributed by atoms with Crippen LogP contribution in [-0.2, 0) is 9.59 Å². The van der Waals surface area contributed by atoms with Crippen LogP contribution in [-0.4, -0.2) is 17.0 Å². The summed E-state index contributed by atoms with van der Waals surface area (Å²) in [6.45, 7) is 5.62. The second kappa shape index (κ2) is 6.70. The molecule has 1 unspecified atom stereocenters. The van der Waals surface area contributed by atoms with Gasteiger partial charge >= 0.3 is 5.97 Å². The van der Waals surface area contributed by atoms with Gasteiger partial charge in [-0.25, -0.2) is 0 Å². The third-order valence-electron chi connectivity index (χ3n) is 2.90. The molecule has 5 heteroatoms. The molecule has 1 atom stereocenters. The number of nitrogens with one attached hydrogen (secondary N) is 1. The van der Waals surface area contributed by atoms with Crippen molar-refractivity contribution in [3.05, 3.63) is 22.4 Å². The molecule has 0 fully saturated rings. The summed E-state index contributed by atoms with van der Waals surface area (Å²) in [5.74, 6) is -0.963. The normalized spacial score (nSPS) is 13.0. The van der Waals surface area contributed by atoms with Crippen LogP contribution in [0, 0.1) is 5.41 Å². The van der Waals surface area contributed by atoms with Gasteiger partial charge in [0.15, 0.2) is 0 Å². The Bertz CT molecular complexity index is 426. The average molecular weight is 283 g/mol. The van der Waals surface area contributed by atoms with E-state index >= 15 is 0 Å². The van der Waals surface area contributed by atoms with Gasteiger partial charge in [-0.1, -0.05) is 26.8 Å². The first-order chi connectivity index (χ1) is 8.84. The number of hydrogen-bond acceptors (Lipinski definition) is 3. The third kappa shape index (κ3) is 5.42. The first-order valence-corrected chi connectivity index (χ1v) is 7.26. The minimum Gasteiger partial charge on any atom is -0.481 e. The molecule has 1 aromatic heterocycles. The molecule has 1 rings (SSSR count). The summed E-state index contributed by atoms with van der Waals surface area (Å²) in [5.41, 5.74) is -0.524. The Labute approximate surface area is 117 Å². The summed E-state index contributed by atoms with van der Waals surface area (Å²) in [5, 5.41) is 13.8. The number of carbonyl (C=O) groups is 2. The molecule has 0 bridgehead atoms. The molecule has 0 saturated carbocycles. The molecular weight excluding hydrogens is 262 g/mol. The van der Waals surface area contributed by atoms with Crippen LogP contribution in [0.3, 0.4) is 0 Å². The fourth-order valence-corrected chi connectivity index (χ4v) is 2.88. The maximum absolute atomic E-state index is 12.0. The van der Waals surface area contributed by atoms with Crippen LogP contribution in [0.15, 0.2) is 17.5 Å². The van der Waals surface area contributed by atoms with Crippen LogP contribution in [0.1, 0.15) is 51.0 Å². The number of thiophene rings is 1. The van der Waals surface area contributed by atoms with E-state index in [2.05, 4.69) is 5.32 Å². The lowest BCUT2D eigenvalue weighted by Gasteiger charge is -2.23. The second-order valence-electron chi connectivity index (χ2n) is 5.46. The highest BCUT2D eigenvalue weighted by atomic mass is 32.1. The van der Waals surface area contributed by atoms with Gasteiger partial charge in [0.25, 0.3) is 0 Å². The lowest BCUT2D eigenvalue weighted by molar-refractivity contribution is -0.139. The van der Waals surface area contributed by atoms with Crippen molar-refractivity contribution in [1.82, 2.24) is 5.32 Å². The summed E-state index contributed by atoms with van der Waals surface area (Å²) in [6.07, 6.45) is 1.04. The number of amides is 1. The third-order valence-corrected chi connectivity index (χ3v) is 3.88. The molecule has 1 aromatic rings. The summed E-state index contributed by atoms with van der Waals surface area (Å²) in [7, 11) is 0. The molecule has 4 nitrogen and oxygen atoms in total. The van der Waals surface area contributed by atoms with Gasteiger partial charge in [-0.2, -0.15) is 0 Å². The Morgan fingerprint density at radius 1 is 1.42 bits per heavy atom. The Hall–Kier alpha value is -1.36. The number of rotatable bonds is 7. The van der Waals surface area contributed by atoms with Crippen molar-refractivity contribution in [2.24, 2.45) is 5.41 Å². The number of carboxylic acid groups (broad SMARTS) is 1. The zero-order valence-corrected chi connectivity index (χ0v) is 12.4. The van der Waals surface area contributed by atoms with Gasteiger partial charge in [0.1, 0.15) is 0 Å². The summed E-state index contributed by atoms with van der Waals surface area (Å²) >= 11 is 1.62. The number of carboxylic acids is 1. The van der Waals surface area contributed by atoms with Crippen LogP contribution >= 0.6 is 11.3 Å². The highest BCUT2D eigenvalue weighted by Crippen LogP contribution is 2.26. The van der Waals surface area contributed by atoms with Crippen molar-refractivity contribution in [2.45, 2.75) is 46.1 Å². The van der Waals surface area contributed by atoms with Crippen LogP contribution < -0.4 is 5.32 Å². The maximum Gasteiger partial charge on any atom is 0.303 e. The molecule has 0 radical (unpaired) electrons. The monoisotopic (exact) mass is 283 g/mol. The van der Waals surface area contributed by atoms with Gasteiger partial charge in [-0.15, -0.1) is 11.3 Å². The van der Waals surface area contributed by atoms with Crippen LogP contribution in [0.5, 0.6) is 0 Å². The van der Waals surface area contributed by atoms with Gasteiger partial charge < -0.3 is 10.4 Å². The fourth-order valence-electron chi connectivity index (χ4n) is 2.02. The van der Waals surface area contributed by atoms with E-state index in [0.29, 0.717) is 0 Å². The molecular formula is C14H21NO3S. The summed E-state index contributed by atoms with van der Waals surface area (Å²) in [4.78, 5) is 23.9. The van der Waals surface area contributed by atoms with Crippen molar-refractivity contribution in [3.8, 4) is 0 Å². The van der Waals surface area contributed by atoms with E-state index in [9.17, 15) is 9.59 Å². The molecule has 0 aliphatic carbocycles. The Kier molecular flexibility index (Phi) is 5.54. The van der Waals surface area contributed by atoms with Crippen molar-refractivity contribution < 1.29 is 14.7 Å². The van der Waals surface area contributed by atoms with E-state index in [4.69, 9.17) is 5.11 Å². The molecule has 1 amide bonds. The van der Waals surface area contributed by atoms with Crippen LogP contribution in [0.4, 0.5) is 0 Å². The smallest absolute Gasteiger partial charge is 0.303 e.